The van der Waals surface area contributed by atoms with Gasteiger partial charge in [-0.15, -0.1) is 5.10 Å². The van der Waals surface area contributed by atoms with Gasteiger partial charge in [-0.1, -0.05) is 11.6 Å². The number of nitrogens with one attached hydrogen (secondary N) is 1. The molecule has 2 bridgehead atoms. The summed E-state index contributed by atoms with van der Waals surface area (Å²) in [7, 11) is 1.64. The zero-order valence-electron chi connectivity index (χ0n) is 20.0. The molecule has 3 heterocycles. The molecule has 9 nitrogen and oxygen atoms in total. The van der Waals surface area contributed by atoms with Crippen molar-refractivity contribution in [2.75, 3.05) is 30.4 Å². The third-order valence-corrected chi connectivity index (χ3v) is 6.98. The predicted molar refractivity (Wildman–Crippen MR) is 131 cm³/mol. The average molecular weight is 502 g/mol. The summed E-state index contributed by atoms with van der Waals surface area (Å²) in [5.41, 5.74) is 0.967. The molecule has 1 saturated carbocycles. The van der Waals surface area contributed by atoms with Crippen LogP contribution in [0.3, 0.4) is 0 Å². The maximum absolute atomic E-state index is 13.8. The molecule has 1 saturated heterocycles. The Morgan fingerprint density at radius 1 is 1.17 bits per heavy atom. The van der Waals surface area contributed by atoms with Crippen molar-refractivity contribution in [1.29, 1.82) is 0 Å². The second-order valence-electron chi connectivity index (χ2n) is 9.34. The van der Waals surface area contributed by atoms with Crippen LogP contribution in [0.5, 0.6) is 11.8 Å². The number of methoxy groups -OCH3 is 1. The molecular weight excluding hydrogens is 473 g/mol. The number of piperidine rings is 1. The van der Waals surface area contributed by atoms with Gasteiger partial charge in [0.2, 0.25) is 5.95 Å². The fourth-order valence-electron chi connectivity index (χ4n) is 5.00. The molecule has 2 aromatic heterocycles. The Bertz CT molecular complexity index is 1160. The lowest BCUT2D eigenvalue weighted by Gasteiger charge is -2.38. The summed E-state index contributed by atoms with van der Waals surface area (Å²) in [4.78, 5) is 15.6. The lowest BCUT2D eigenvalue weighted by atomic mass is 9.92. The molecule has 3 atom stereocenters. The molecular formula is C24H29ClFN7O2. The highest BCUT2D eigenvalue weighted by atomic mass is 35.5. The first-order chi connectivity index (χ1) is 16.9. The monoisotopic (exact) mass is 501 g/mol. The van der Waals surface area contributed by atoms with E-state index in [-0.39, 0.29) is 28.9 Å². The summed E-state index contributed by atoms with van der Waals surface area (Å²) in [6, 6.07) is 6.57. The first-order valence-corrected chi connectivity index (χ1v) is 12.2. The molecule has 3 aromatic rings. The minimum Gasteiger partial charge on any atom is -0.424 e. The van der Waals surface area contributed by atoms with E-state index in [1.165, 1.54) is 12.1 Å². The van der Waals surface area contributed by atoms with Crippen molar-refractivity contribution in [1.82, 2.24) is 24.7 Å². The molecule has 0 amide bonds. The van der Waals surface area contributed by atoms with Crippen molar-refractivity contribution in [2.45, 2.75) is 45.4 Å². The smallest absolute Gasteiger partial charge is 0.322 e. The summed E-state index contributed by atoms with van der Waals surface area (Å²) in [5, 5.41) is 8.46. The van der Waals surface area contributed by atoms with Crippen molar-refractivity contribution in [2.24, 2.45) is 11.8 Å². The van der Waals surface area contributed by atoms with Crippen molar-refractivity contribution in [3.8, 4) is 11.8 Å². The van der Waals surface area contributed by atoms with Crippen molar-refractivity contribution >= 4 is 23.4 Å². The molecule has 2 fully saturated rings. The summed E-state index contributed by atoms with van der Waals surface area (Å²) < 4.78 is 26.8. The number of ether oxygens (including phenoxy) is 2. The molecule has 0 spiro atoms. The Morgan fingerprint density at radius 3 is 2.63 bits per heavy atom. The van der Waals surface area contributed by atoms with E-state index in [1.54, 1.807) is 24.2 Å². The van der Waals surface area contributed by atoms with Gasteiger partial charge in [0.15, 0.2) is 0 Å². The summed E-state index contributed by atoms with van der Waals surface area (Å²) in [5.74, 6) is 2.13. The van der Waals surface area contributed by atoms with E-state index in [2.05, 4.69) is 30.3 Å². The molecule has 1 aliphatic heterocycles. The third kappa shape index (κ3) is 5.33. The number of benzene rings is 1. The van der Waals surface area contributed by atoms with Crippen LogP contribution < -0.4 is 15.0 Å². The number of nitrogens with zero attached hydrogens (tertiary/aromatic N) is 6. The summed E-state index contributed by atoms with van der Waals surface area (Å²) in [6.07, 6.45) is 3.78. The van der Waals surface area contributed by atoms with Crippen LogP contribution in [-0.2, 0) is 11.3 Å². The largest absolute Gasteiger partial charge is 0.424 e. The molecule has 11 heteroatoms. The van der Waals surface area contributed by atoms with E-state index >= 15 is 0 Å². The number of halogens is 2. The number of rotatable bonds is 8. The SMILES string of the molecule is COC(C)Cn1nc(NC2C3CCC2CN(c2cc(C)ncn2)C3)nc1Oc1cc(F)cc(Cl)c1. The highest BCUT2D eigenvalue weighted by Gasteiger charge is 2.43. The molecule has 1 N–H and O–H groups in total. The zero-order valence-corrected chi connectivity index (χ0v) is 20.7. The second kappa shape index (κ2) is 9.94. The van der Waals surface area contributed by atoms with E-state index in [0.29, 0.717) is 24.3 Å². The van der Waals surface area contributed by atoms with Gasteiger partial charge in [0.05, 0.1) is 12.6 Å². The van der Waals surface area contributed by atoms with Crippen LogP contribution in [0.2, 0.25) is 5.02 Å². The zero-order chi connectivity index (χ0) is 24.5. The van der Waals surface area contributed by atoms with E-state index in [1.807, 2.05) is 19.9 Å². The van der Waals surface area contributed by atoms with Gasteiger partial charge in [0, 0.05) is 49.1 Å². The molecule has 5 rings (SSSR count). The molecule has 2 aliphatic rings. The normalized spacial score (nSPS) is 22.3. The number of hydrogen-bond acceptors (Lipinski definition) is 8. The van der Waals surface area contributed by atoms with Crippen molar-refractivity contribution in [3.05, 3.63) is 47.1 Å². The van der Waals surface area contributed by atoms with Gasteiger partial charge in [-0.25, -0.2) is 19.0 Å². The number of aromatic nitrogens is 5. The van der Waals surface area contributed by atoms with E-state index in [4.69, 9.17) is 21.1 Å². The first kappa shape index (κ1) is 23.7. The lowest BCUT2D eigenvalue weighted by Crippen LogP contribution is -2.48. The molecule has 1 aliphatic carbocycles. The summed E-state index contributed by atoms with van der Waals surface area (Å²) >= 11 is 5.99. The standard InChI is InChI=1S/C24H29ClFN7O2/c1-14-6-21(28-13-27-14)32-11-16-4-5-17(12-32)22(16)29-23-30-24(33(31-23)10-15(2)34-3)35-20-8-18(25)7-19(26)9-20/h6-9,13,15-17,22H,4-5,10-12H2,1-3H3,(H,29,31). The molecule has 35 heavy (non-hydrogen) atoms. The molecule has 0 radical (unpaired) electrons. The number of fused-ring (bicyclic) bond motifs is 2. The number of aryl methyl sites for hydroxylation is 1. The minimum atomic E-state index is -0.482. The van der Waals surface area contributed by atoms with Crippen molar-refractivity contribution < 1.29 is 13.9 Å². The second-order valence-corrected chi connectivity index (χ2v) is 9.78. The average Bonchev–Trinajstić information content (AvgIpc) is 3.27. The number of hydrogen-bond donors (Lipinski definition) is 1. The Labute approximate surface area is 208 Å². The quantitative estimate of drug-likeness (QED) is 0.488. The highest BCUT2D eigenvalue weighted by molar-refractivity contribution is 6.30. The van der Waals surface area contributed by atoms with Crippen LogP contribution in [-0.4, -0.2) is 57.1 Å². The Morgan fingerprint density at radius 2 is 1.94 bits per heavy atom. The maximum atomic E-state index is 13.8. The van der Waals surface area contributed by atoms with E-state index < -0.39 is 5.82 Å². The maximum Gasteiger partial charge on any atom is 0.322 e. The third-order valence-electron chi connectivity index (χ3n) is 6.76. The van der Waals surface area contributed by atoms with Gasteiger partial charge in [-0.3, -0.25) is 0 Å². The van der Waals surface area contributed by atoms with Gasteiger partial charge in [-0.05, 0) is 50.7 Å². The first-order valence-electron chi connectivity index (χ1n) is 11.8. The van der Waals surface area contributed by atoms with E-state index in [9.17, 15) is 4.39 Å². The highest BCUT2D eigenvalue weighted by Crippen LogP contribution is 2.40. The van der Waals surface area contributed by atoms with Gasteiger partial charge in [-0.2, -0.15) is 4.98 Å². The van der Waals surface area contributed by atoms with Crippen LogP contribution in [0, 0.1) is 24.6 Å². The van der Waals surface area contributed by atoms with Gasteiger partial charge in [0.25, 0.3) is 0 Å². The minimum absolute atomic E-state index is 0.112. The van der Waals surface area contributed by atoms with Crippen LogP contribution >= 0.6 is 11.6 Å². The van der Waals surface area contributed by atoms with Gasteiger partial charge in [0.1, 0.15) is 23.7 Å². The van der Waals surface area contributed by atoms with Gasteiger partial charge >= 0.3 is 6.01 Å². The Balaban J connectivity index is 1.34. The predicted octanol–water partition coefficient (Wildman–Crippen LogP) is 4.32. The Hall–Kier alpha value is -2.98. The number of anilines is 2. The summed E-state index contributed by atoms with van der Waals surface area (Å²) in [6.45, 7) is 6.18. The fourth-order valence-corrected chi connectivity index (χ4v) is 5.21. The Kier molecular flexibility index (Phi) is 6.75. The molecule has 1 aromatic carbocycles. The van der Waals surface area contributed by atoms with Gasteiger partial charge < -0.3 is 19.7 Å². The molecule has 186 valence electrons. The van der Waals surface area contributed by atoms with Crippen LogP contribution in [0.15, 0.2) is 30.6 Å². The van der Waals surface area contributed by atoms with E-state index in [0.717, 1.165) is 37.4 Å². The molecule has 3 unspecified atom stereocenters. The van der Waals surface area contributed by atoms with Crippen molar-refractivity contribution in [3.63, 3.8) is 0 Å². The van der Waals surface area contributed by atoms with Crippen LogP contribution in [0.1, 0.15) is 25.5 Å². The lowest BCUT2D eigenvalue weighted by molar-refractivity contribution is 0.0973. The van der Waals surface area contributed by atoms with Crippen LogP contribution in [0.25, 0.3) is 0 Å². The van der Waals surface area contributed by atoms with Crippen LogP contribution in [0.4, 0.5) is 16.2 Å². The fraction of sp³-hybridized carbons (Fsp3) is 0.500. The topological polar surface area (TPSA) is 90.2 Å².